The number of carbonyl (C=O) groups is 2. The molecule has 2 heterocycles. The van der Waals surface area contributed by atoms with Crippen LogP contribution in [0.5, 0.6) is 0 Å². The van der Waals surface area contributed by atoms with Gasteiger partial charge >= 0.3 is 5.97 Å². The fourth-order valence-corrected chi connectivity index (χ4v) is 3.17. The van der Waals surface area contributed by atoms with Crippen LogP contribution in [0.3, 0.4) is 0 Å². The van der Waals surface area contributed by atoms with Gasteiger partial charge in [-0.2, -0.15) is 4.68 Å². The second-order valence-corrected chi connectivity index (χ2v) is 7.28. The van der Waals surface area contributed by atoms with Gasteiger partial charge in [0.1, 0.15) is 5.76 Å². The molecule has 0 atom stereocenters. The van der Waals surface area contributed by atoms with Crippen LogP contribution in [0.25, 0.3) is 23.2 Å². The first-order valence-corrected chi connectivity index (χ1v) is 10.2. The molecule has 4 rings (SSSR count). The minimum Gasteiger partial charge on any atom is -0.465 e. The zero-order chi connectivity index (χ0) is 22.3. The predicted octanol–water partition coefficient (Wildman–Crippen LogP) is 3.88. The summed E-state index contributed by atoms with van der Waals surface area (Å²) in [5.74, 6) is -0.571. The number of para-hydroxylation sites is 1. The van der Waals surface area contributed by atoms with Crippen molar-refractivity contribution in [2.75, 3.05) is 11.9 Å². The Kier molecular flexibility index (Phi) is 6.52. The first-order chi connectivity index (χ1) is 15.6. The Morgan fingerprint density at radius 1 is 1.06 bits per heavy atom. The number of amides is 1. The highest BCUT2D eigenvalue weighted by Gasteiger charge is 2.22. The maximum absolute atomic E-state index is 12.9. The number of hydrogen-bond acceptors (Lipinski definition) is 7. The number of benzene rings is 2. The van der Waals surface area contributed by atoms with E-state index in [2.05, 4.69) is 36.8 Å². The molecule has 0 bridgehead atoms. The van der Waals surface area contributed by atoms with E-state index >= 15 is 0 Å². The van der Waals surface area contributed by atoms with Crippen LogP contribution in [0.2, 0.25) is 0 Å². The highest BCUT2D eigenvalue weighted by Crippen LogP contribution is 2.22. The first-order valence-electron chi connectivity index (χ1n) is 9.42. The molecule has 1 amide bonds. The molecule has 4 aromatic rings. The van der Waals surface area contributed by atoms with Crippen LogP contribution in [-0.2, 0) is 14.3 Å². The molecule has 9 nitrogen and oxygen atoms in total. The summed E-state index contributed by atoms with van der Waals surface area (Å²) in [5.41, 5.74) is 1.24. The van der Waals surface area contributed by atoms with Crippen LogP contribution in [-0.4, -0.2) is 38.7 Å². The summed E-state index contributed by atoms with van der Waals surface area (Å²) in [6.45, 7) is -0.502. The number of ether oxygens (including phenoxy) is 1. The number of carbonyl (C=O) groups excluding carboxylic acids is 2. The van der Waals surface area contributed by atoms with Crippen molar-refractivity contribution in [1.29, 1.82) is 0 Å². The van der Waals surface area contributed by atoms with Gasteiger partial charge in [-0.15, -0.1) is 5.10 Å². The Balaban J connectivity index is 1.56. The smallest absolute Gasteiger partial charge is 0.357 e. The molecule has 0 fully saturated rings. The second kappa shape index (κ2) is 9.84. The molecule has 1 N–H and O–H groups in total. The van der Waals surface area contributed by atoms with Crippen LogP contribution in [0.1, 0.15) is 5.76 Å². The van der Waals surface area contributed by atoms with Gasteiger partial charge in [0, 0.05) is 16.1 Å². The molecule has 0 aliphatic carbocycles. The molecule has 0 saturated heterocycles. The number of nitrogens with one attached hydrogen (secondary N) is 1. The molecule has 0 spiro atoms. The molecule has 0 aliphatic rings. The molecule has 2 aromatic carbocycles. The Morgan fingerprint density at radius 2 is 1.84 bits per heavy atom. The van der Waals surface area contributed by atoms with Crippen LogP contribution in [0.15, 0.2) is 81.9 Å². The zero-order valence-electron chi connectivity index (χ0n) is 16.5. The standard InChI is InChI=1S/C22H16BrN5O4/c23-17-10-4-5-11-18(17)24-20(29)14-32-22(30)19(13-16-9-6-12-31-16)28-21(25-26-27-28)15-7-2-1-3-8-15/h1-13H,14H2,(H,24,29)/b19-13-. The molecule has 10 heteroatoms. The van der Waals surface area contributed by atoms with Crippen LogP contribution >= 0.6 is 15.9 Å². The van der Waals surface area contributed by atoms with Gasteiger partial charge in [-0.25, -0.2) is 4.79 Å². The molecule has 0 unspecified atom stereocenters. The average molecular weight is 494 g/mol. The molecule has 160 valence electrons. The third-order valence-corrected chi connectivity index (χ3v) is 4.93. The van der Waals surface area contributed by atoms with E-state index in [1.165, 1.54) is 17.0 Å². The summed E-state index contributed by atoms with van der Waals surface area (Å²) in [7, 11) is 0. The lowest BCUT2D eigenvalue weighted by Crippen LogP contribution is -2.23. The minimum absolute atomic E-state index is 0.0162. The highest BCUT2D eigenvalue weighted by molar-refractivity contribution is 9.10. The zero-order valence-corrected chi connectivity index (χ0v) is 18.1. The lowest BCUT2D eigenvalue weighted by molar-refractivity contribution is -0.141. The van der Waals surface area contributed by atoms with Gasteiger partial charge in [-0.1, -0.05) is 42.5 Å². The number of hydrogen-bond donors (Lipinski definition) is 1. The number of nitrogens with zero attached hydrogens (tertiary/aromatic N) is 4. The van der Waals surface area contributed by atoms with Crippen molar-refractivity contribution in [3.8, 4) is 11.4 Å². The summed E-state index contributed by atoms with van der Waals surface area (Å²) >= 11 is 3.35. The summed E-state index contributed by atoms with van der Waals surface area (Å²) < 4.78 is 12.5. The van der Waals surface area contributed by atoms with E-state index in [0.29, 0.717) is 27.3 Å². The van der Waals surface area contributed by atoms with Crippen LogP contribution < -0.4 is 5.32 Å². The topological polar surface area (TPSA) is 112 Å². The molecule has 32 heavy (non-hydrogen) atoms. The van der Waals surface area contributed by atoms with Crippen molar-refractivity contribution in [1.82, 2.24) is 20.2 Å². The Hall–Kier alpha value is -4.05. The third kappa shape index (κ3) is 4.98. The quantitative estimate of drug-likeness (QED) is 0.307. The van der Waals surface area contributed by atoms with Crippen molar-refractivity contribution < 1.29 is 18.7 Å². The normalized spacial score (nSPS) is 11.2. The van der Waals surface area contributed by atoms with E-state index in [-0.39, 0.29) is 5.70 Å². The van der Waals surface area contributed by atoms with Gasteiger partial charge in [0.05, 0.1) is 12.0 Å². The van der Waals surface area contributed by atoms with Crippen molar-refractivity contribution in [3.05, 3.63) is 83.2 Å². The maximum atomic E-state index is 12.9. The first kappa shape index (κ1) is 21.2. The van der Waals surface area contributed by atoms with Gasteiger partial charge < -0.3 is 14.5 Å². The van der Waals surface area contributed by atoms with Crippen molar-refractivity contribution in [3.63, 3.8) is 0 Å². The van der Waals surface area contributed by atoms with E-state index in [1.807, 2.05) is 36.4 Å². The average Bonchev–Trinajstić information content (AvgIpc) is 3.50. The van der Waals surface area contributed by atoms with Crippen molar-refractivity contribution in [2.45, 2.75) is 0 Å². The number of tetrazole rings is 1. The van der Waals surface area contributed by atoms with E-state index in [0.717, 1.165) is 0 Å². The number of furan rings is 1. The van der Waals surface area contributed by atoms with E-state index in [1.54, 1.807) is 30.3 Å². The summed E-state index contributed by atoms with van der Waals surface area (Å²) in [6, 6.07) is 19.6. The number of esters is 1. The molecular weight excluding hydrogens is 478 g/mol. The van der Waals surface area contributed by atoms with Gasteiger partial charge in [0.15, 0.2) is 18.1 Å². The monoisotopic (exact) mass is 493 g/mol. The largest absolute Gasteiger partial charge is 0.465 e. The molecule has 0 radical (unpaired) electrons. The number of aromatic nitrogens is 4. The SMILES string of the molecule is O=C(COC(=O)/C(=C/c1ccco1)n1nnnc1-c1ccccc1)Nc1ccccc1Br. The number of rotatable bonds is 7. The fourth-order valence-electron chi connectivity index (χ4n) is 2.79. The van der Waals surface area contributed by atoms with Crippen LogP contribution in [0, 0.1) is 0 Å². The van der Waals surface area contributed by atoms with Crippen molar-refractivity contribution in [2.24, 2.45) is 0 Å². The predicted molar refractivity (Wildman–Crippen MR) is 120 cm³/mol. The number of halogens is 1. The van der Waals surface area contributed by atoms with E-state index < -0.39 is 18.5 Å². The van der Waals surface area contributed by atoms with Gasteiger partial charge in [-0.05, 0) is 50.6 Å². The third-order valence-electron chi connectivity index (χ3n) is 4.24. The fraction of sp³-hybridized carbons (Fsp3) is 0.0455. The second-order valence-electron chi connectivity index (χ2n) is 6.43. The Morgan fingerprint density at radius 3 is 2.59 bits per heavy atom. The highest BCUT2D eigenvalue weighted by atomic mass is 79.9. The van der Waals surface area contributed by atoms with Gasteiger partial charge in [0.2, 0.25) is 0 Å². The molecular formula is C22H16BrN5O4. The molecule has 2 aromatic heterocycles. The summed E-state index contributed by atoms with van der Waals surface area (Å²) in [4.78, 5) is 25.2. The van der Waals surface area contributed by atoms with Crippen LogP contribution in [0.4, 0.5) is 5.69 Å². The molecule has 0 saturated carbocycles. The van der Waals surface area contributed by atoms with E-state index in [4.69, 9.17) is 9.15 Å². The Labute approximate surface area is 190 Å². The maximum Gasteiger partial charge on any atom is 0.357 e. The van der Waals surface area contributed by atoms with E-state index in [9.17, 15) is 9.59 Å². The lowest BCUT2D eigenvalue weighted by atomic mass is 10.2. The van der Waals surface area contributed by atoms with Crippen molar-refractivity contribution >= 4 is 45.3 Å². The lowest BCUT2D eigenvalue weighted by Gasteiger charge is -2.10. The minimum atomic E-state index is -0.798. The Bertz CT molecular complexity index is 1250. The number of anilines is 1. The van der Waals surface area contributed by atoms with Gasteiger partial charge in [-0.3, -0.25) is 4.79 Å². The summed E-state index contributed by atoms with van der Waals surface area (Å²) in [5, 5.41) is 14.3. The van der Waals surface area contributed by atoms with Gasteiger partial charge in [0.25, 0.3) is 5.91 Å². The summed E-state index contributed by atoms with van der Waals surface area (Å²) in [6.07, 6.45) is 2.91. The molecule has 0 aliphatic heterocycles.